The van der Waals surface area contributed by atoms with E-state index in [1.165, 1.54) is 5.56 Å². The SMILES string of the molecule is CC(C)Cc1cnc(N(C)CCCO)nc1. The number of aliphatic hydroxyl groups is 1. The summed E-state index contributed by atoms with van der Waals surface area (Å²) < 4.78 is 0. The summed E-state index contributed by atoms with van der Waals surface area (Å²) in [6, 6.07) is 0. The first-order valence-corrected chi connectivity index (χ1v) is 5.76. The van der Waals surface area contributed by atoms with Gasteiger partial charge in [0, 0.05) is 32.6 Å². The Balaban J connectivity index is 2.56. The molecule has 0 saturated carbocycles. The molecule has 16 heavy (non-hydrogen) atoms. The maximum absolute atomic E-state index is 8.74. The third-order valence-electron chi connectivity index (χ3n) is 2.33. The Morgan fingerprint density at radius 2 is 1.94 bits per heavy atom. The van der Waals surface area contributed by atoms with Crippen LogP contribution in [0.25, 0.3) is 0 Å². The summed E-state index contributed by atoms with van der Waals surface area (Å²) in [5.41, 5.74) is 1.18. The molecular formula is C12H21N3O. The lowest BCUT2D eigenvalue weighted by molar-refractivity contribution is 0.290. The van der Waals surface area contributed by atoms with Crippen molar-refractivity contribution in [2.45, 2.75) is 26.7 Å². The number of hydrogen-bond acceptors (Lipinski definition) is 4. The highest BCUT2D eigenvalue weighted by Gasteiger charge is 2.04. The number of aliphatic hydroxyl groups excluding tert-OH is 1. The first-order valence-electron chi connectivity index (χ1n) is 5.76. The molecule has 1 rings (SSSR count). The molecule has 0 unspecified atom stereocenters. The molecule has 0 aliphatic heterocycles. The van der Waals surface area contributed by atoms with Crippen molar-refractivity contribution in [1.29, 1.82) is 0 Å². The Hall–Kier alpha value is -1.16. The molecular weight excluding hydrogens is 202 g/mol. The highest BCUT2D eigenvalue weighted by Crippen LogP contribution is 2.09. The Bertz CT molecular complexity index is 298. The third kappa shape index (κ3) is 4.14. The largest absolute Gasteiger partial charge is 0.396 e. The van der Waals surface area contributed by atoms with Crippen molar-refractivity contribution in [2.75, 3.05) is 25.1 Å². The monoisotopic (exact) mass is 223 g/mol. The van der Waals surface area contributed by atoms with Gasteiger partial charge in [-0.3, -0.25) is 0 Å². The number of hydrogen-bond donors (Lipinski definition) is 1. The van der Waals surface area contributed by atoms with Crippen LogP contribution in [0.5, 0.6) is 0 Å². The molecule has 1 aromatic rings. The zero-order valence-corrected chi connectivity index (χ0v) is 10.3. The average molecular weight is 223 g/mol. The molecule has 0 fully saturated rings. The highest BCUT2D eigenvalue weighted by molar-refractivity contribution is 5.28. The summed E-state index contributed by atoms with van der Waals surface area (Å²) in [7, 11) is 1.94. The van der Waals surface area contributed by atoms with E-state index >= 15 is 0 Å². The van der Waals surface area contributed by atoms with Crippen LogP contribution >= 0.6 is 0 Å². The fourth-order valence-electron chi connectivity index (χ4n) is 1.53. The number of nitrogens with zero attached hydrogens (tertiary/aromatic N) is 3. The van der Waals surface area contributed by atoms with Crippen molar-refractivity contribution in [3.05, 3.63) is 18.0 Å². The van der Waals surface area contributed by atoms with Crippen molar-refractivity contribution in [1.82, 2.24) is 9.97 Å². The standard InChI is InChI=1S/C12H21N3O/c1-10(2)7-11-8-13-12(14-9-11)15(3)5-4-6-16/h8-10,16H,4-7H2,1-3H3. The van der Waals surface area contributed by atoms with Crippen LogP contribution in [-0.4, -0.2) is 35.3 Å². The summed E-state index contributed by atoms with van der Waals surface area (Å²) in [5, 5.41) is 8.74. The molecule has 90 valence electrons. The van der Waals surface area contributed by atoms with E-state index < -0.39 is 0 Å². The second-order valence-electron chi connectivity index (χ2n) is 4.49. The quantitative estimate of drug-likeness (QED) is 0.794. The van der Waals surface area contributed by atoms with Gasteiger partial charge in [-0.05, 0) is 24.3 Å². The molecule has 1 heterocycles. The molecule has 0 spiro atoms. The van der Waals surface area contributed by atoms with Gasteiger partial charge in [-0.1, -0.05) is 13.8 Å². The average Bonchev–Trinajstić information content (AvgIpc) is 2.26. The fraction of sp³-hybridized carbons (Fsp3) is 0.667. The zero-order chi connectivity index (χ0) is 12.0. The van der Waals surface area contributed by atoms with Crippen molar-refractivity contribution in [2.24, 2.45) is 5.92 Å². The number of rotatable bonds is 6. The van der Waals surface area contributed by atoms with Crippen molar-refractivity contribution >= 4 is 5.95 Å². The van der Waals surface area contributed by atoms with Gasteiger partial charge in [0.15, 0.2) is 0 Å². The van der Waals surface area contributed by atoms with Gasteiger partial charge in [0.1, 0.15) is 0 Å². The first-order chi connectivity index (χ1) is 7.63. The molecule has 0 amide bonds. The van der Waals surface area contributed by atoms with Crippen molar-refractivity contribution in [3.63, 3.8) is 0 Å². The van der Waals surface area contributed by atoms with Crippen LogP contribution in [0, 0.1) is 5.92 Å². The lowest BCUT2D eigenvalue weighted by atomic mass is 10.1. The maximum Gasteiger partial charge on any atom is 0.224 e. The van der Waals surface area contributed by atoms with E-state index in [2.05, 4.69) is 23.8 Å². The van der Waals surface area contributed by atoms with Gasteiger partial charge in [0.25, 0.3) is 0 Å². The molecule has 0 aliphatic rings. The van der Waals surface area contributed by atoms with Gasteiger partial charge in [-0.2, -0.15) is 0 Å². The van der Waals surface area contributed by atoms with Crippen LogP contribution < -0.4 is 4.90 Å². The molecule has 1 aromatic heterocycles. The molecule has 1 N–H and O–H groups in total. The van der Waals surface area contributed by atoms with Crippen molar-refractivity contribution < 1.29 is 5.11 Å². The third-order valence-corrected chi connectivity index (χ3v) is 2.33. The summed E-state index contributed by atoms with van der Waals surface area (Å²) in [6.07, 6.45) is 5.53. The van der Waals surface area contributed by atoms with Crippen LogP contribution in [0.15, 0.2) is 12.4 Å². The predicted molar refractivity (Wildman–Crippen MR) is 65.5 cm³/mol. The van der Waals surface area contributed by atoms with Crippen LogP contribution in [0.3, 0.4) is 0 Å². The Kier molecular flexibility index (Phi) is 5.19. The second kappa shape index (κ2) is 6.43. The Morgan fingerprint density at radius 1 is 1.31 bits per heavy atom. The van der Waals surface area contributed by atoms with Crippen LogP contribution in [0.2, 0.25) is 0 Å². The van der Waals surface area contributed by atoms with Gasteiger partial charge in [0.2, 0.25) is 5.95 Å². The summed E-state index contributed by atoms with van der Waals surface area (Å²) in [6.45, 7) is 5.35. The molecule has 0 bridgehead atoms. The molecule has 4 heteroatoms. The zero-order valence-electron chi connectivity index (χ0n) is 10.3. The van der Waals surface area contributed by atoms with Crippen molar-refractivity contribution in [3.8, 4) is 0 Å². The minimum absolute atomic E-state index is 0.204. The summed E-state index contributed by atoms with van der Waals surface area (Å²) >= 11 is 0. The maximum atomic E-state index is 8.74. The van der Waals surface area contributed by atoms with Crippen LogP contribution in [-0.2, 0) is 6.42 Å². The van der Waals surface area contributed by atoms with E-state index in [0.717, 1.165) is 25.3 Å². The smallest absolute Gasteiger partial charge is 0.224 e. The van der Waals surface area contributed by atoms with Crippen LogP contribution in [0.1, 0.15) is 25.8 Å². The van der Waals surface area contributed by atoms with Gasteiger partial charge >= 0.3 is 0 Å². The molecule has 0 saturated heterocycles. The summed E-state index contributed by atoms with van der Waals surface area (Å²) in [4.78, 5) is 10.6. The van der Waals surface area contributed by atoms with Gasteiger partial charge in [0.05, 0.1) is 0 Å². The first kappa shape index (κ1) is 12.9. The highest BCUT2D eigenvalue weighted by atomic mass is 16.3. The van der Waals surface area contributed by atoms with E-state index in [1.54, 1.807) is 0 Å². The van der Waals surface area contributed by atoms with E-state index in [4.69, 9.17) is 5.11 Å². The van der Waals surface area contributed by atoms with Gasteiger partial charge in [-0.25, -0.2) is 9.97 Å². The minimum atomic E-state index is 0.204. The molecule has 0 aromatic carbocycles. The molecule has 4 nitrogen and oxygen atoms in total. The van der Waals surface area contributed by atoms with E-state index in [-0.39, 0.29) is 6.61 Å². The Labute approximate surface area is 97.3 Å². The molecule has 0 atom stereocenters. The molecule has 0 aliphatic carbocycles. The lowest BCUT2D eigenvalue weighted by Gasteiger charge is -2.16. The van der Waals surface area contributed by atoms with Gasteiger partial charge in [-0.15, -0.1) is 0 Å². The fourth-order valence-corrected chi connectivity index (χ4v) is 1.53. The minimum Gasteiger partial charge on any atom is -0.396 e. The topological polar surface area (TPSA) is 49.2 Å². The van der Waals surface area contributed by atoms with Gasteiger partial charge < -0.3 is 10.0 Å². The number of aromatic nitrogens is 2. The van der Waals surface area contributed by atoms with E-state index in [9.17, 15) is 0 Å². The Morgan fingerprint density at radius 3 is 2.44 bits per heavy atom. The predicted octanol–water partition coefficient (Wildman–Crippen LogP) is 1.49. The summed E-state index contributed by atoms with van der Waals surface area (Å²) in [5.74, 6) is 1.35. The number of anilines is 1. The van der Waals surface area contributed by atoms with E-state index in [0.29, 0.717) is 5.92 Å². The molecule has 0 radical (unpaired) electrons. The van der Waals surface area contributed by atoms with E-state index in [1.807, 2.05) is 24.3 Å². The lowest BCUT2D eigenvalue weighted by Crippen LogP contribution is -2.21. The second-order valence-corrected chi connectivity index (χ2v) is 4.49. The normalized spacial score (nSPS) is 10.8. The van der Waals surface area contributed by atoms with Crippen LogP contribution in [0.4, 0.5) is 5.95 Å².